The SMILES string of the molecule is CC(C)(C#N)CCCOc1ccc(N)cc1C(F)(F)F. The van der Waals surface area contributed by atoms with Crippen LogP contribution < -0.4 is 10.5 Å². The second kappa shape index (κ2) is 6.04. The van der Waals surface area contributed by atoms with Crippen LogP contribution in [0.15, 0.2) is 18.2 Å². The van der Waals surface area contributed by atoms with Gasteiger partial charge in [0.1, 0.15) is 5.75 Å². The van der Waals surface area contributed by atoms with Crippen LogP contribution in [0.5, 0.6) is 5.75 Å². The Kier molecular flexibility index (Phi) is 4.88. The highest BCUT2D eigenvalue weighted by molar-refractivity contribution is 5.49. The van der Waals surface area contributed by atoms with Gasteiger partial charge in [-0.2, -0.15) is 18.4 Å². The average Bonchev–Trinajstić information content (AvgIpc) is 2.35. The second-order valence-corrected chi connectivity index (χ2v) is 5.20. The lowest BCUT2D eigenvalue weighted by Crippen LogP contribution is -2.12. The molecule has 0 aromatic heterocycles. The molecular weight excluding hydrogens is 269 g/mol. The lowest BCUT2D eigenvalue weighted by atomic mass is 9.90. The fraction of sp³-hybridized carbons (Fsp3) is 0.500. The standard InChI is InChI=1S/C14H17F3N2O/c1-13(2,9-18)6-3-7-20-12-5-4-10(19)8-11(12)14(15,16)17/h4-5,8H,3,6-7,19H2,1-2H3. The summed E-state index contributed by atoms with van der Waals surface area (Å²) in [4.78, 5) is 0. The number of hydrogen-bond acceptors (Lipinski definition) is 3. The molecule has 0 saturated heterocycles. The van der Waals surface area contributed by atoms with Crippen LogP contribution in [-0.2, 0) is 6.18 Å². The minimum Gasteiger partial charge on any atom is -0.493 e. The molecule has 0 atom stereocenters. The summed E-state index contributed by atoms with van der Waals surface area (Å²) in [6, 6.07) is 5.57. The summed E-state index contributed by atoms with van der Waals surface area (Å²) in [6.07, 6.45) is -3.45. The van der Waals surface area contributed by atoms with Crippen LogP contribution in [0.2, 0.25) is 0 Å². The summed E-state index contributed by atoms with van der Waals surface area (Å²) in [5.41, 5.74) is 4.02. The van der Waals surface area contributed by atoms with E-state index in [1.54, 1.807) is 13.8 Å². The minimum absolute atomic E-state index is 0.0373. The Labute approximate surface area is 116 Å². The monoisotopic (exact) mass is 286 g/mol. The molecule has 1 aromatic carbocycles. The van der Waals surface area contributed by atoms with Crippen molar-refractivity contribution in [1.29, 1.82) is 5.26 Å². The Hall–Kier alpha value is -1.90. The van der Waals surface area contributed by atoms with Crippen LogP contribution in [-0.4, -0.2) is 6.61 Å². The van der Waals surface area contributed by atoms with E-state index in [0.717, 1.165) is 6.07 Å². The maximum Gasteiger partial charge on any atom is 0.420 e. The predicted molar refractivity (Wildman–Crippen MR) is 70.0 cm³/mol. The van der Waals surface area contributed by atoms with Crippen molar-refractivity contribution in [2.45, 2.75) is 32.9 Å². The van der Waals surface area contributed by atoms with E-state index in [-0.39, 0.29) is 18.0 Å². The van der Waals surface area contributed by atoms with Crippen LogP contribution in [0.4, 0.5) is 18.9 Å². The minimum atomic E-state index is -4.50. The first-order valence-electron chi connectivity index (χ1n) is 6.16. The number of nitrogens with two attached hydrogens (primary N) is 1. The molecule has 2 N–H and O–H groups in total. The van der Waals surface area contributed by atoms with E-state index in [9.17, 15) is 13.2 Å². The molecule has 110 valence electrons. The number of nitrogens with zero attached hydrogens (tertiary/aromatic N) is 1. The van der Waals surface area contributed by atoms with Crippen LogP contribution in [0, 0.1) is 16.7 Å². The molecule has 6 heteroatoms. The second-order valence-electron chi connectivity index (χ2n) is 5.20. The summed E-state index contributed by atoms with van der Waals surface area (Å²) in [7, 11) is 0. The number of anilines is 1. The fourth-order valence-electron chi connectivity index (χ4n) is 1.65. The molecule has 20 heavy (non-hydrogen) atoms. The highest BCUT2D eigenvalue weighted by Gasteiger charge is 2.34. The third-order valence-electron chi connectivity index (χ3n) is 2.82. The quantitative estimate of drug-likeness (QED) is 0.657. The Morgan fingerprint density at radius 1 is 1.30 bits per heavy atom. The van der Waals surface area contributed by atoms with Gasteiger partial charge in [0, 0.05) is 5.69 Å². The Morgan fingerprint density at radius 3 is 2.50 bits per heavy atom. The number of rotatable bonds is 5. The topological polar surface area (TPSA) is 59.0 Å². The summed E-state index contributed by atoms with van der Waals surface area (Å²) in [5, 5.41) is 8.84. The molecular formula is C14H17F3N2O. The average molecular weight is 286 g/mol. The fourth-order valence-corrected chi connectivity index (χ4v) is 1.65. The van der Waals surface area contributed by atoms with Gasteiger partial charge in [0.15, 0.2) is 0 Å². The van der Waals surface area contributed by atoms with E-state index in [2.05, 4.69) is 6.07 Å². The number of alkyl halides is 3. The first-order chi connectivity index (χ1) is 9.15. The van der Waals surface area contributed by atoms with Crippen LogP contribution in [0.25, 0.3) is 0 Å². The van der Waals surface area contributed by atoms with Crippen molar-refractivity contribution in [3.63, 3.8) is 0 Å². The van der Waals surface area contributed by atoms with E-state index in [1.165, 1.54) is 12.1 Å². The highest BCUT2D eigenvalue weighted by Crippen LogP contribution is 2.37. The van der Waals surface area contributed by atoms with Crippen molar-refractivity contribution < 1.29 is 17.9 Å². The zero-order valence-corrected chi connectivity index (χ0v) is 11.4. The van der Waals surface area contributed by atoms with Crippen molar-refractivity contribution in [3.05, 3.63) is 23.8 Å². The van der Waals surface area contributed by atoms with E-state index in [1.807, 2.05) is 0 Å². The maximum absolute atomic E-state index is 12.8. The molecule has 0 heterocycles. The number of benzene rings is 1. The van der Waals surface area contributed by atoms with Crippen LogP contribution in [0.3, 0.4) is 0 Å². The molecule has 1 rings (SSSR count). The molecule has 0 amide bonds. The largest absolute Gasteiger partial charge is 0.493 e. The van der Waals surface area contributed by atoms with Crippen LogP contribution >= 0.6 is 0 Å². The molecule has 0 aliphatic heterocycles. The van der Waals surface area contributed by atoms with Gasteiger partial charge in [0.05, 0.1) is 23.7 Å². The summed E-state index contributed by atoms with van der Waals surface area (Å²) < 4.78 is 43.6. The number of nitriles is 1. The highest BCUT2D eigenvalue weighted by atomic mass is 19.4. The van der Waals surface area contributed by atoms with Gasteiger partial charge in [0.25, 0.3) is 0 Å². The Balaban J connectivity index is 2.68. The van der Waals surface area contributed by atoms with Crippen molar-refractivity contribution in [3.8, 4) is 11.8 Å². The number of hydrogen-bond donors (Lipinski definition) is 1. The Bertz CT molecular complexity index is 504. The number of ether oxygens (including phenoxy) is 1. The Morgan fingerprint density at radius 2 is 1.95 bits per heavy atom. The molecule has 0 saturated carbocycles. The van der Waals surface area contributed by atoms with Gasteiger partial charge in [-0.25, -0.2) is 0 Å². The molecule has 3 nitrogen and oxygen atoms in total. The number of nitrogen functional groups attached to an aromatic ring is 1. The first-order valence-corrected chi connectivity index (χ1v) is 6.16. The third-order valence-corrected chi connectivity index (χ3v) is 2.82. The predicted octanol–water partition coefficient (Wildman–Crippen LogP) is 4.00. The summed E-state index contributed by atoms with van der Waals surface area (Å²) in [5.74, 6) is -0.235. The zero-order valence-electron chi connectivity index (χ0n) is 11.4. The molecule has 0 fully saturated rings. The van der Waals surface area contributed by atoms with E-state index < -0.39 is 17.2 Å². The smallest absolute Gasteiger partial charge is 0.420 e. The van der Waals surface area contributed by atoms with Gasteiger partial charge < -0.3 is 10.5 Å². The maximum atomic E-state index is 12.8. The lowest BCUT2D eigenvalue weighted by molar-refractivity contribution is -0.138. The molecule has 0 unspecified atom stereocenters. The zero-order chi connectivity index (χ0) is 15.4. The van der Waals surface area contributed by atoms with E-state index >= 15 is 0 Å². The van der Waals surface area contributed by atoms with Gasteiger partial charge >= 0.3 is 6.18 Å². The molecule has 0 aliphatic carbocycles. The number of halogens is 3. The van der Waals surface area contributed by atoms with E-state index in [4.69, 9.17) is 15.7 Å². The molecule has 0 spiro atoms. The van der Waals surface area contributed by atoms with Crippen molar-refractivity contribution in [1.82, 2.24) is 0 Å². The molecule has 1 aromatic rings. The lowest BCUT2D eigenvalue weighted by Gasteiger charge is -2.17. The normalized spacial score (nSPS) is 12.0. The first kappa shape index (κ1) is 16.2. The summed E-state index contributed by atoms with van der Waals surface area (Å²) in [6.45, 7) is 3.67. The molecule has 0 bridgehead atoms. The van der Waals surface area contributed by atoms with Gasteiger partial charge in [0.2, 0.25) is 0 Å². The summed E-state index contributed by atoms with van der Waals surface area (Å²) >= 11 is 0. The molecule has 0 aliphatic rings. The van der Waals surface area contributed by atoms with Gasteiger partial charge in [-0.05, 0) is 44.9 Å². The van der Waals surface area contributed by atoms with Crippen LogP contribution in [0.1, 0.15) is 32.3 Å². The third kappa shape index (κ3) is 4.65. The molecule has 0 radical (unpaired) electrons. The van der Waals surface area contributed by atoms with Crippen molar-refractivity contribution >= 4 is 5.69 Å². The van der Waals surface area contributed by atoms with Gasteiger partial charge in [-0.15, -0.1) is 0 Å². The van der Waals surface area contributed by atoms with Crippen molar-refractivity contribution in [2.75, 3.05) is 12.3 Å². The van der Waals surface area contributed by atoms with E-state index in [0.29, 0.717) is 12.8 Å². The van der Waals surface area contributed by atoms with Gasteiger partial charge in [-0.1, -0.05) is 0 Å². The van der Waals surface area contributed by atoms with Crippen molar-refractivity contribution in [2.24, 2.45) is 5.41 Å². The van der Waals surface area contributed by atoms with Gasteiger partial charge in [-0.3, -0.25) is 0 Å².